The van der Waals surface area contributed by atoms with Gasteiger partial charge in [-0.25, -0.2) is 4.79 Å². The molecule has 5 nitrogen and oxygen atoms in total. The predicted molar refractivity (Wildman–Crippen MR) is 66.0 cm³/mol. The molecule has 0 spiro atoms. The Kier molecular flexibility index (Phi) is 4.13. The molecule has 0 amide bonds. The molecule has 98 valence electrons. The van der Waals surface area contributed by atoms with Crippen LogP contribution in [0.15, 0.2) is 22.9 Å². The molecule has 0 radical (unpaired) electrons. The molecule has 0 bridgehead atoms. The van der Waals surface area contributed by atoms with Crippen molar-refractivity contribution in [2.24, 2.45) is 0 Å². The average Bonchev–Trinajstić information content (AvgIpc) is 2.95. The minimum absolute atomic E-state index is 0.655. The summed E-state index contributed by atoms with van der Waals surface area (Å²) in [6.45, 7) is 0. The lowest BCUT2D eigenvalue weighted by Crippen LogP contribution is -2.38. The second kappa shape index (κ2) is 5.62. The summed E-state index contributed by atoms with van der Waals surface area (Å²) in [6.07, 6.45) is -1.05. The highest BCUT2D eigenvalue weighted by atomic mass is 32.1. The maximum absolute atomic E-state index is 11.3. The molecule has 2 N–H and O–H groups in total. The van der Waals surface area contributed by atoms with Crippen molar-refractivity contribution in [1.82, 2.24) is 0 Å². The molecule has 0 aliphatic carbocycles. The number of carbonyl (C=O) groups excluding carboxylic acids is 1. The smallest absolute Gasteiger partial charge is 0.338 e. The molecule has 2 unspecified atom stereocenters. The lowest BCUT2D eigenvalue weighted by Gasteiger charge is -2.17. The monoisotopic (exact) mass is 270 g/mol. The van der Waals surface area contributed by atoms with Crippen molar-refractivity contribution in [3.05, 3.63) is 28.5 Å². The first-order chi connectivity index (χ1) is 8.63. The zero-order valence-corrected chi connectivity index (χ0v) is 10.5. The summed E-state index contributed by atoms with van der Waals surface area (Å²) in [6, 6.07) is 1.89. The van der Waals surface area contributed by atoms with E-state index in [0.717, 1.165) is 5.56 Å². The zero-order chi connectivity index (χ0) is 13.1. The largest absolute Gasteiger partial charge is 0.454 e. The lowest BCUT2D eigenvalue weighted by molar-refractivity contribution is -0.150. The Morgan fingerprint density at radius 2 is 2.39 bits per heavy atom. The Labute approximate surface area is 108 Å². The third-order valence-corrected chi connectivity index (χ3v) is 3.45. The first-order valence-electron chi connectivity index (χ1n) is 5.43. The Hall–Kier alpha value is -1.21. The second-order valence-electron chi connectivity index (χ2n) is 3.95. The van der Waals surface area contributed by atoms with Crippen LogP contribution in [0.1, 0.15) is 5.56 Å². The Balaban J connectivity index is 2.02. The van der Waals surface area contributed by atoms with E-state index in [4.69, 9.17) is 9.47 Å². The average molecular weight is 270 g/mol. The number of ether oxygens (including phenoxy) is 2. The van der Waals surface area contributed by atoms with Crippen LogP contribution in [0, 0.1) is 0 Å². The Morgan fingerprint density at radius 3 is 2.94 bits per heavy atom. The van der Waals surface area contributed by atoms with Crippen LogP contribution >= 0.6 is 11.3 Å². The minimum atomic E-state index is -1.16. The van der Waals surface area contributed by atoms with E-state index in [0.29, 0.717) is 0 Å². The van der Waals surface area contributed by atoms with Crippen LogP contribution in [0.5, 0.6) is 0 Å². The second-order valence-corrected chi connectivity index (χ2v) is 4.73. The van der Waals surface area contributed by atoms with E-state index in [1.165, 1.54) is 13.2 Å². The van der Waals surface area contributed by atoms with Crippen molar-refractivity contribution in [3.63, 3.8) is 0 Å². The van der Waals surface area contributed by atoms with Crippen molar-refractivity contribution < 1.29 is 24.5 Å². The Bertz CT molecular complexity index is 428. The molecule has 0 saturated carbocycles. The normalized spacial score (nSPS) is 29.7. The van der Waals surface area contributed by atoms with Gasteiger partial charge < -0.3 is 19.7 Å². The summed E-state index contributed by atoms with van der Waals surface area (Å²) in [5, 5.41) is 23.5. The molecule has 1 aliphatic heterocycles. The van der Waals surface area contributed by atoms with Gasteiger partial charge in [-0.3, -0.25) is 0 Å². The van der Waals surface area contributed by atoms with Crippen LogP contribution in [0.4, 0.5) is 0 Å². The molecule has 2 heterocycles. The van der Waals surface area contributed by atoms with E-state index in [-0.39, 0.29) is 0 Å². The third-order valence-electron chi connectivity index (χ3n) is 2.75. The minimum Gasteiger partial charge on any atom is -0.454 e. The number of carbonyl (C=O) groups is 1. The number of aliphatic hydroxyl groups is 2. The van der Waals surface area contributed by atoms with Crippen LogP contribution in [0.3, 0.4) is 0 Å². The number of methoxy groups -OCH3 is 1. The van der Waals surface area contributed by atoms with Gasteiger partial charge in [0.25, 0.3) is 0 Å². The maximum atomic E-state index is 11.3. The summed E-state index contributed by atoms with van der Waals surface area (Å²) in [4.78, 5) is 11.3. The molecule has 2 rings (SSSR count). The summed E-state index contributed by atoms with van der Waals surface area (Å²) in [5.41, 5.74) is 0.946. The van der Waals surface area contributed by atoms with Crippen molar-refractivity contribution in [1.29, 1.82) is 0 Å². The van der Waals surface area contributed by atoms with Gasteiger partial charge in [0.05, 0.1) is 0 Å². The van der Waals surface area contributed by atoms with E-state index in [2.05, 4.69) is 0 Å². The zero-order valence-electron chi connectivity index (χ0n) is 9.72. The van der Waals surface area contributed by atoms with Gasteiger partial charge in [-0.15, -0.1) is 0 Å². The quantitative estimate of drug-likeness (QED) is 0.776. The van der Waals surface area contributed by atoms with Gasteiger partial charge in [0.15, 0.2) is 12.2 Å². The van der Waals surface area contributed by atoms with E-state index < -0.39 is 30.4 Å². The number of esters is 1. The standard InChI is InChI=1S/C12H14O5S/c1-16-11-9(14)10(17-12(11)15)8(13)3-2-7-4-5-18-6-7/h2-6,8-11,13-14H,1H3/t8-,9?,10?,11-/m1/s1. The number of cyclic esters (lactones) is 1. The Morgan fingerprint density at radius 1 is 1.61 bits per heavy atom. The molecule has 1 aliphatic rings. The summed E-state index contributed by atoms with van der Waals surface area (Å²) < 4.78 is 9.70. The van der Waals surface area contributed by atoms with E-state index in [1.807, 2.05) is 16.8 Å². The molecule has 0 aromatic carbocycles. The fourth-order valence-electron chi connectivity index (χ4n) is 1.78. The van der Waals surface area contributed by atoms with Gasteiger partial charge in [0, 0.05) is 7.11 Å². The molecule has 1 aromatic rings. The van der Waals surface area contributed by atoms with Crippen LogP contribution in [0.2, 0.25) is 0 Å². The fourth-order valence-corrected chi connectivity index (χ4v) is 2.41. The van der Waals surface area contributed by atoms with E-state index >= 15 is 0 Å². The van der Waals surface area contributed by atoms with E-state index in [1.54, 1.807) is 17.4 Å². The van der Waals surface area contributed by atoms with Gasteiger partial charge in [0.2, 0.25) is 0 Å². The van der Waals surface area contributed by atoms with Gasteiger partial charge in [0.1, 0.15) is 12.2 Å². The molecule has 1 aromatic heterocycles. The van der Waals surface area contributed by atoms with Gasteiger partial charge >= 0.3 is 5.97 Å². The first kappa shape index (κ1) is 13.2. The van der Waals surface area contributed by atoms with Crippen molar-refractivity contribution in [2.45, 2.75) is 24.4 Å². The van der Waals surface area contributed by atoms with Gasteiger partial charge in [-0.05, 0) is 22.4 Å². The summed E-state index contributed by atoms with van der Waals surface area (Å²) in [5.74, 6) is -0.655. The highest BCUT2D eigenvalue weighted by Gasteiger charge is 2.46. The van der Waals surface area contributed by atoms with Crippen LogP contribution in [-0.4, -0.2) is 47.7 Å². The molecule has 1 fully saturated rings. The molecule has 18 heavy (non-hydrogen) atoms. The van der Waals surface area contributed by atoms with Crippen molar-refractivity contribution >= 4 is 23.4 Å². The molecule has 6 heteroatoms. The SMILES string of the molecule is CO[C@H]1C(=O)OC([C@H](O)C=Cc2ccsc2)C1O. The van der Waals surface area contributed by atoms with E-state index in [9.17, 15) is 15.0 Å². The number of aliphatic hydroxyl groups excluding tert-OH is 2. The number of hydrogen-bond donors (Lipinski definition) is 2. The lowest BCUT2D eigenvalue weighted by atomic mass is 10.1. The fraction of sp³-hybridized carbons (Fsp3) is 0.417. The topological polar surface area (TPSA) is 76.0 Å². The number of thiophene rings is 1. The molecular weight excluding hydrogens is 256 g/mol. The van der Waals surface area contributed by atoms with Crippen molar-refractivity contribution in [3.8, 4) is 0 Å². The van der Waals surface area contributed by atoms with Crippen LogP contribution < -0.4 is 0 Å². The number of rotatable bonds is 4. The molecule has 1 saturated heterocycles. The van der Waals surface area contributed by atoms with Gasteiger partial charge in [-0.1, -0.05) is 12.2 Å². The first-order valence-corrected chi connectivity index (χ1v) is 6.37. The molecule has 4 atom stereocenters. The van der Waals surface area contributed by atoms with Crippen LogP contribution in [-0.2, 0) is 14.3 Å². The van der Waals surface area contributed by atoms with Gasteiger partial charge in [-0.2, -0.15) is 11.3 Å². The van der Waals surface area contributed by atoms with Crippen molar-refractivity contribution in [2.75, 3.05) is 7.11 Å². The molecular formula is C12H14O5S. The number of hydrogen-bond acceptors (Lipinski definition) is 6. The predicted octanol–water partition coefficient (Wildman–Crippen LogP) is 0.423. The highest BCUT2D eigenvalue weighted by molar-refractivity contribution is 7.08. The summed E-state index contributed by atoms with van der Waals surface area (Å²) in [7, 11) is 1.31. The third kappa shape index (κ3) is 2.62. The highest BCUT2D eigenvalue weighted by Crippen LogP contribution is 2.22. The maximum Gasteiger partial charge on any atom is 0.338 e. The summed E-state index contributed by atoms with van der Waals surface area (Å²) >= 11 is 1.54. The van der Waals surface area contributed by atoms with Crippen LogP contribution in [0.25, 0.3) is 6.08 Å².